The number of hydrogen-bond acceptors (Lipinski definition) is 7. The molecule has 2 N–H and O–H groups in total. The number of alkyl halides is 1. The molecule has 9 heteroatoms. The zero-order chi connectivity index (χ0) is 19.1. The maximum absolute atomic E-state index is 14.7. The van der Waals surface area contributed by atoms with Crippen LogP contribution in [-0.4, -0.2) is 49.2 Å². The molecule has 4 atom stereocenters. The summed E-state index contributed by atoms with van der Waals surface area (Å²) in [6.45, 7) is 0. The maximum atomic E-state index is 14.7. The van der Waals surface area contributed by atoms with Crippen molar-refractivity contribution in [2.45, 2.75) is 50.0 Å². The van der Waals surface area contributed by atoms with Crippen molar-refractivity contribution in [2.75, 3.05) is 0 Å². The number of piperidine rings is 2. The Hall–Kier alpha value is -2.52. The molecule has 7 nitrogen and oxygen atoms in total. The van der Waals surface area contributed by atoms with E-state index in [1.54, 1.807) is 35.4 Å². The van der Waals surface area contributed by atoms with Crippen molar-refractivity contribution in [3.63, 3.8) is 0 Å². The Balaban J connectivity index is 1.34. The van der Waals surface area contributed by atoms with Crippen LogP contribution in [0.3, 0.4) is 0 Å². The number of rotatable bonds is 4. The van der Waals surface area contributed by atoms with Crippen molar-refractivity contribution in [2.24, 2.45) is 0 Å². The van der Waals surface area contributed by atoms with Crippen LogP contribution in [0.15, 0.2) is 36.9 Å². The number of aromatic nitrogens is 4. The van der Waals surface area contributed by atoms with Crippen molar-refractivity contribution in [1.82, 2.24) is 25.1 Å². The number of aromatic hydroxyl groups is 1. The van der Waals surface area contributed by atoms with Gasteiger partial charge in [-0.15, -0.1) is 5.10 Å². The van der Waals surface area contributed by atoms with Crippen molar-refractivity contribution >= 4 is 11.3 Å². The summed E-state index contributed by atoms with van der Waals surface area (Å²) in [5.41, 5.74) is 1.36. The van der Waals surface area contributed by atoms with E-state index in [9.17, 15) is 9.50 Å². The third kappa shape index (κ3) is 3.24. The quantitative estimate of drug-likeness (QED) is 0.699. The summed E-state index contributed by atoms with van der Waals surface area (Å²) in [7, 11) is 0. The van der Waals surface area contributed by atoms with Gasteiger partial charge in [0.25, 0.3) is 5.19 Å². The normalized spacial score (nSPS) is 26.9. The van der Waals surface area contributed by atoms with Crippen LogP contribution in [0.1, 0.15) is 25.7 Å². The molecule has 0 saturated carbocycles. The first-order valence-corrected chi connectivity index (χ1v) is 10.2. The zero-order valence-electron chi connectivity index (χ0n) is 15.0. The molecular weight excluding hydrogens is 381 g/mol. The van der Waals surface area contributed by atoms with Gasteiger partial charge in [0, 0.05) is 37.0 Å². The minimum atomic E-state index is -1.05. The Labute approximate surface area is 165 Å². The number of imidazole rings is 1. The minimum absolute atomic E-state index is 0.0914. The molecule has 3 aromatic rings. The molecule has 1 aromatic carbocycles. The van der Waals surface area contributed by atoms with Crippen molar-refractivity contribution in [1.29, 1.82) is 0 Å². The van der Waals surface area contributed by atoms with E-state index < -0.39 is 12.3 Å². The molecule has 2 unspecified atom stereocenters. The number of benzene rings is 1. The van der Waals surface area contributed by atoms with E-state index in [2.05, 4.69) is 20.5 Å². The second kappa shape index (κ2) is 7.14. The number of fused-ring (bicyclic) bond motifs is 2. The van der Waals surface area contributed by atoms with Gasteiger partial charge in [0.1, 0.15) is 11.9 Å². The van der Waals surface area contributed by atoms with Crippen LogP contribution in [0.2, 0.25) is 0 Å². The number of nitrogens with zero attached hydrogens (tertiary/aromatic N) is 4. The van der Waals surface area contributed by atoms with Crippen LogP contribution in [0, 0.1) is 0 Å². The van der Waals surface area contributed by atoms with E-state index in [1.807, 2.05) is 6.07 Å². The Morgan fingerprint density at radius 3 is 3.04 bits per heavy atom. The van der Waals surface area contributed by atoms with Crippen molar-refractivity contribution in [3.8, 4) is 27.2 Å². The summed E-state index contributed by atoms with van der Waals surface area (Å²) in [5, 5.41) is 22.8. The second-order valence-corrected chi connectivity index (χ2v) is 8.22. The number of hydrogen-bond donors (Lipinski definition) is 2. The standard InChI is InChI=1S/C19H20FN5O2S/c20-17-14-3-1-2-11(22-14)8-16(17)27-19-24-23-18(28-19)13-5-4-12(9-15(13)26)25-7-6-21-10-25/h4-7,9-11,14,16-17,22,26H,1-3,8H2/t11?,14?,16-,17+/m0/s1. The lowest BCUT2D eigenvalue weighted by Gasteiger charge is -2.42. The lowest BCUT2D eigenvalue weighted by atomic mass is 9.84. The predicted molar refractivity (Wildman–Crippen MR) is 103 cm³/mol. The van der Waals surface area contributed by atoms with Gasteiger partial charge in [-0.3, -0.25) is 0 Å². The molecule has 2 fully saturated rings. The summed E-state index contributed by atoms with van der Waals surface area (Å²) in [4.78, 5) is 4.00. The first-order chi connectivity index (χ1) is 13.7. The SMILES string of the molecule is Oc1cc(-n2ccnc2)ccc1-c1nnc(O[C@H]2CC3CCCC(N3)[C@H]2F)s1. The highest BCUT2D eigenvalue weighted by Gasteiger charge is 2.41. The summed E-state index contributed by atoms with van der Waals surface area (Å²) in [5.74, 6) is 0.0914. The fraction of sp³-hybridized carbons (Fsp3) is 0.421. The largest absolute Gasteiger partial charge is 0.507 e. The van der Waals surface area contributed by atoms with E-state index in [1.165, 1.54) is 11.3 Å². The molecule has 2 bridgehead atoms. The first-order valence-electron chi connectivity index (χ1n) is 9.39. The summed E-state index contributed by atoms with van der Waals surface area (Å²) in [6.07, 6.45) is 7.18. The highest BCUT2D eigenvalue weighted by atomic mass is 32.1. The third-order valence-corrected chi connectivity index (χ3v) is 6.29. The number of phenols is 1. The van der Waals surface area contributed by atoms with E-state index in [0.717, 1.165) is 24.9 Å². The first kappa shape index (κ1) is 17.6. The van der Waals surface area contributed by atoms with Crippen LogP contribution >= 0.6 is 11.3 Å². The van der Waals surface area contributed by atoms with Gasteiger partial charge in [-0.2, -0.15) is 0 Å². The number of nitrogens with one attached hydrogen (secondary N) is 1. The minimum Gasteiger partial charge on any atom is -0.507 e. The van der Waals surface area contributed by atoms with Gasteiger partial charge < -0.3 is 19.7 Å². The monoisotopic (exact) mass is 401 g/mol. The van der Waals surface area contributed by atoms with E-state index in [-0.39, 0.29) is 11.8 Å². The summed E-state index contributed by atoms with van der Waals surface area (Å²) < 4.78 is 22.4. The Morgan fingerprint density at radius 2 is 2.21 bits per heavy atom. The molecule has 2 saturated heterocycles. The average Bonchev–Trinajstić information content (AvgIpc) is 3.38. The fourth-order valence-electron chi connectivity index (χ4n) is 4.04. The lowest BCUT2D eigenvalue weighted by Crippen LogP contribution is -2.58. The predicted octanol–water partition coefficient (Wildman–Crippen LogP) is 3.10. The second-order valence-electron chi connectivity index (χ2n) is 7.28. The van der Waals surface area contributed by atoms with Crippen LogP contribution in [0.5, 0.6) is 10.9 Å². The van der Waals surface area contributed by atoms with Crippen LogP contribution in [-0.2, 0) is 0 Å². The highest BCUT2D eigenvalue weighted by molar-refractivity contribution is 7.16. The maximum Gasteiger partial charge on any atom is 0.294 e. The highest BCUT2D eigenvalue weighted by Crippen LogP contribution is 2.37. The van der Waals surface area contributed by atoms with Gasteiger partial charge in [-0.05, 0) is 25.0 Å². The molecule has 0 spiro atoms. The van der Waals surface area contributed by atoms with Gasteiger partial charge in [0.15, 0.2) is 11.2 Å². The Morgan fingerprint density at radius 1 is 1.29 bits per heavy atom. The summed E-state index contributed by atoms with van der Waals surface area (Å²) >= 11 is 1.22. The molecule has 2 aliphatic rings. The number of halogens is 1. The molecule has 5 rings (SSSR count). The van der Waals surface area contributed by atoms with E-state index in [0.29, 0.717) is 28.2 Å². The van der Waals surface area contributed by atoms with Crippen LogP contribution in [0.25, 0.3) is 16.3 Å². The van der Waals surface area contributed by atoms with Crippen LogP contribution < -0.4 is 10.1 Å². The molecule has 0 aliphatic carbocycles. The fourth-order valence-corrected chi connectivity index (χ4v) is 4.83. The van der Waals surface area contributed by atoms with E-state index in [4.69, 9.17) is 4.74 Å². The van der Waals surface area contributed by atoms with Gasteiger partial charge in [-0.1, -0.05) is 22.9 Å². The number of phenolic OH excluding ortho intramolecular Hbond substituents is 1. The zero-order valence-corrected chi connectivity index (χ0v) is 15.8. The van der Waals surface area contributed by atoms with Crippen molar-refractivity contribution < 1.29 is 14.2 Å². The molecule has 4 heterocycles. The van der Waals surface area contributed by atoms with Crippen LogP contribution in [0.4, 0.5) is 4.39 Å². The smallest absolute Gasteiger partial charge is 0.294 e. The average molecular weight is 401 g/mol. The van der Waals surface area contributed by atoms with Gasteiger partial charge in [0.05, 0.1) is 17.6 Å². The molecule has 2 aromatic heterocycles. The topological polar surface area (TPSA) is 85.1 Å². The Bertz CT molecular complexity index is 963. The molecule has 28 heavy (non-hydrogen) atoms. The molecule has 146 valence electrons. The van der Waals surface area contributed by atoms with Crippen molar-refractivity contribution in [3.05, 3.63) is 36.9 Å². The lowest BCUT2D eigenvalue weighted by molar-refractivity contribution is 0.00888. The van der Waals surface area contributed by atoms with Gasteiger partial charge in [0.2, 0.25) is 0 Å². The molecule has 2 aliphatic heterocycles. The van der Waals surface area contributed by atoms with Gasteiger partial charge >= 0.3 is 0 Å². The van der Waals surface area contributed by atoms with Gasteiger partial charge in [-0.25, -0.2) is 9.37 Å². The molecular formula is C19H20FN5O2S. The summed E-state index contributed by atoms with van der Waals surface area (Å²) in [6, 6.07) is 5.46. The van der Waals surface area contributed by atoms with E-state index >= 15 is 0 Å². The molecule has 0 radical (unpaired) electrons. The third-order valence-electron chi connectivity index (χ3n) is 5.45. The molecule has 0 amide bonds. The number of ether oxygens (including phenoxy) is 1. The Kier molecular flexibility index (Phi) is 4.48.